The second kappa shape index (κ2) is 9.36. The van der Waals surface area contributed by atoms with Gasteiger partial charge in [-0.15, -0.1) is 0 Å². The Balaban J connectivity index is 2.22. The van der Waals surface area contributed by atoms with E-state index < -0.39 is 23.5 Å². The second-order valence-electron chi connectivity index (χ2n) is 9.36. The summed E-state index contributed by atoms with van der Waals surface area (Å²) in [5, 5.41) is 5.53. The van der Waals surface area contributed by atoms with Gasteiger partial charge in [-0.25, -0.2) is 9.59 Å². The number of ether oxygens (including phenoxy) is 3. The predicted octanol–water partition coefficient (Wildman–Crippen LogP) is 5.02. The minimum Gasteiger partial charge on any atom is -0.444 e. The van der Waals surface area contributed by atoms with Crippen molar-refractivity contribution in [2.45, 2.75) is 84.5 Å². The fourth-order valence-corrected chi connectivity index (χ4v) is 2.96. The highest BCUT2D eigenvalue weighted by atomic mass is 16.7. The van der Waals surface area contributed by atoms with Crippen LogP contribution in [0, 0.1) is 0 Å². The minimum absolute atomic E-state index is 0.00539. The molecule has 30 heavy (non-hydrogen) atoms. The molecule has 0 aromatic heterocycles. The highest BCUT2D eigenvalue weighted by Crippen LogP contribution is 2.28. The van der Waals surface area contributed by atoms with Crippen LogP contribution >= 0.6 is 0 Å². The van der Waals surface area contributed by atoms with Crippen molar-refractivity contribution in [1.82, 2.24) is 5.32 Å². The van der Waals surface area contributed by atoms with Crippen molar-refractivity contribution in [2.24, 2.45) is 0 Å². The van der Waals surface area contributed by atoms with E-state index in [1.807, 2.05) is 0 Å². The van der Waals surface area contributed by atoms with E-state index in [-0.39, 0.29) is 23.4 Å². The van der Waals surface area contributed by atoms with Crippen LogP contribution in [0.1, 0.15) is 77.6 Å². The Morgan fingerprint density at radius 2 is 1.53 bits per heavy atom. The fraction of sp³-hybridized carbons (Fsp3) is 0.591. The van der Waals surface area contributed by atoms with Crippen LogP contribution in [0.2, 0.25) is 0 Å². The summed E-state index contributed by atoms with van der Waals surface area (Å²) < 4.78 is 15.7. The monoisotopic (exact) mass is 420 g/mol. The first-order valence-corrected chi connectivity index (χ1v) is 10.2. The topological polar surface area (TPSA) is 103 Å². The van der Waals surface area contributed by atoms with Gasteiger partial charge in [0.1, 0.15) is 11.2 Å². The first-order valence-electron chi connectivity index (χ1n) is 10.2. The normalized spacial score (nSPS) is 14.7. The van der Waals surface area contributed by atoms with Crippen LogP contribution in [0.3, 0.4) is 0 Å². The van der Waals surface area contributed by atoms with Crippen molar-refractivity contribution in [3.63, 3.8) is 0 Å². The summed E-state index contributed by atoms with van der Waals surface area (Å²) >= 11 is 0. The van der Waals surface area contributed by atoms with E-state index in [2.05, 4.69) is 10.6 Å². The molecular formula is C22H32N2O6. The van der Waals surface area contributed by atoms with Gasteiger partial charge in [-0.3, -0.25) is 10.1 Å². The van der Waals surface area contributed by atoms with Gasteiger partial charge >= 0.3 is 12.2 Å². The lowest BCUT2D eigenvalue weighted by molar-refractivity contribution is 0.0205. The Bertz CT molecular complexity index is 786. The molecule has 1 aliphatic rings. The van der Waals surface area contributed by atoms with Crippen molar-refractivity contribution < 1.29 is 28.6 Å². The summed E-state index contributed by atoms with van der Waals surface area (Å²) in [5.74, 6) is -0.270. The zero-order valence-corrected chi connectivity index (χ0v) is 18.6. The third-order valence-corrected chi connectivity index (χ3v) is 4.15. The molecule has 1 aromatic carbocycles. The van der Waals surface area contributed by atoms with Crippen molar-refractivity contribution in [2.75, 3.05) is 5.32 Å². The summed E-state index contributed by atoms with van der Waals surface area (Å²) in [7, 11) is 0. The van der Waals surface area contributed by atoms with E-state index in [1.165, 1.54) is 12.1 Å². The molecule has 0 bridgehead atoms. The average Bonchev–Trinajstić information content (AvgIpc) is 3.05. The molecule has 8 nitrogen and oxygen atoms in total. The molecule has 0 aliphatic heterocycles. The number of hydrogen-bond acceptors (Lipinski definition) is 6. The summed E-state index contributed by atoms with van der Waals surface area (Å²) in [6.07, 6.45) is 2.44. The number of benzene rings is 1. The second-order valence-corrected chi connectivity index (χ2v) is 9.36. The van der Waals surface area contributed by atoms with Gasteiger partial charge in [0.2, 0.25) is 0 Å². The van der Waals surface area contributed by atoms with Crippen LogP contribution in [0.5, 0.6) is 5.75 Å². The van der Waals surface area contributed by atoms with Crippen LogP contribution in [0.15, 0.2) is 18.2 Å². The lowest BCUT2D eigenvalue weighted by atomic mass is 10.1. The van der Waals surface area contributed by atoms with Crippen molar-refractivity contribution in [3.8, 4) is 5.75 Å². The molecule has 166 valence electrons. The van der Waals surface area contributed by atoms with Crippen LogP contribution in [-0.2, 0) is 9.47 Å². The van der Waals surface area contributed by atoms with Gasteiger partial charge in [0.25, 0.3) is 5.91 Å². The number of hydrogen-bond donors (Lipinski definition) is 2. The smallest absolute Gasteiger partial charge is 0.444 e. The lowest BCUT2D eigenvalue weighted by Gasteiger charge is -2.22. The lowest BCUT2D eigenvalue weighted by Crippen LogP contribution is -2.32. The van der Waals surface area contributed by atoms with E-state index in [9.17, 15) is 14.4 Å². The highest BCUT2D eigenvalue weighted by molar-refractivity contribution is 5.97. The SMILES string of the molecule is CC(C)(C)OC(=O)Nc1ccc(C(=O)NC2CCCC2)cc1OC(=O)OC(C)(C)C. The van der Waals surface area contributed by atoms with E-state index in [0.717, 1.165) is 25.7 Å². The predicted molar refractivity (Wildman–Crippen MR) is 113 cm³/mol. The third kappa shape index (κ3) is 7.93. The van der Waals surface area contributed by atoms with Crippen molar-refractivity contribution >= 4 is 23.8 Å². The summed E-state index contributed by atoms with van der Waals surface area (Å²) in [6, 6.07) is 4.60. The molecule has 0 atom stereocenters. The Labute approximate surface area is 177 Å². The largest absolute Gasteiger partial charge is 0.514 e. The molecule has 0 heterocycles. The molecule has 1 aromatic rings. The van der Waals surface area contributed by atoms with Crippen LogP contribution in [0.4, 0.5) is 15.3 Å². The number of nitrogens with one attached hydrogen (secondary N) is 2. The van der Waals surface area contributed by atoms with Gasteiger partial charge in [-0.05, 0) is 72.6 Å². The zero-order chi connectivity index (χ0) is 22.5. The molecule has 1 aliphatic carbocycles. The summed E-state index contributed by atoms with van der Waals surface area (Å²) in [4.78, 5) is 36.9. The Morgan fingerprint density at radius 3 is 2.10 bits per heavy atom. The van der Waals surface area contributed by atoms with Gasteiger partial charge in [0.15, 0.2) is 5.75 Å². The molecule has 0 saturated heterocycles. The zero-order valence-electron chi connectivity index (χ0n) is 18.6. The van der Waals surface area contributed by atoms with Crippen molar-refractivity contribution in [3.05, 3.63) is 23.8 Å². The summed E-state index contributed by atoms with van der Waals surface area (Å²) in [6.45, 7) is 10.3. The maximum Gasteiger partial charge on any atom is 0.514 e. The minimum atomic E-state index is -0.942. The Kier molecular flexibility index (Phi) is 7.34. The van der Waals surface area contributed by atoms with Crippen LogP contribution in [-0.4, -0.2) is 35.4 Å². The molecule has 2 amide bonds. The number of carbonyl (C=O) groups excluding carboxylic acids is 3. The van der Waals surface area contributed by atoms with Gasteiger partial charge in [-0.1, -0.05) is 12.8 Å². The van der Waals surface area contributed by atoms with Gasteiger partial charge < -0.3 is 19.5 Å². The molecule has 1 fully saturated rings. The van der Waals surface area contributed by atoms with Crippen LogP contribution in [0.25, 0.3) is 0 Å². The molecule has 0 spiro atoms. The fourth-order valence-electron chi connectivity index (χ4n) is 2.96. The summed E-state index contributed by atoms with van der Waals surface area (Å²) in [5.41, 5.74) is -0.951. The molecule has 2 rings (SSSR count). The Hall–Kier alpha value is -2.77. The highest BCUT2D eigenvalue weighted by Gasteiger charge is 2.23. The molecular weight excluding hydrogens is 388 g/mol. The molecule has 8 heteroatoms. The van der Waals surface area contributed by atoms with E-state index in [0.29, 0.717) is 5.56 Å². The molecule has 0 unspecified atom stereocenters. The first kappa shape index (κ1) is 23.5. The van der Waals surface area contributed by atoms with Crippen LogP contribution < -0.4 is 15.4 Å². The maximum absolute atomic E-state index is 12.6. The third-order valence-electron chi connectivity index (χ3n) is 4.15. The number of rotatable bonds is 4. The number of amides is 2. The molecule has 0 radical (unpaired) electrons. The van der Waals surface area contributed by atoms with E-state index in [1.54, 1.807) is 47.6 Å². The number of anilines is 1. The quantitative estimate of drug-likeness (QED) is 0.524. The van der Waals surface area contributed by atoms with Crippen molar-refractivity contribution in [1.29, 1.82) is 0 Å². The van der Waals surface area contributed by atoms with E-state index >= 15 is 0 Å². The molecule has 1 saturated carbocycles. The van der Waals surface area contributed by atoms with Gasteiger partial charge in [-0.2, -0.15) is 0 Å². The van der Waals surface area contributed by atoms with Gasteiger partial charge in [0, 0.05) is 11.6 Å². The maximum atomic E-state index is 12.6. The Morgan fingerprint density at radius 1 is 0.933 bits per heavy atom. The molecule has 2 N–H and O–H groups in total. The number of carbonyl (C=O) groups is 3. The van der Waals surface area contributed by atoms with Gasteiger partial charge in [0.05, 0.1) is 5.69 Å². The average molecular weight is 421 g/mol. The first-order chi connectivity index (χ1) is 13.8. The standard InChI is InChI=1S/C22H32N2O6/c1-21(2,3)29-19(26)24-16-12-11-14(18(25)23-15-9-7-8-10-15)13-17(16)28-20(27)30-22(4,5)6/h11-13,15H,7-10H2,1-6H3,(H,23,25)(H,24,26). The van der Waals surface area contributed by atoms with E-state index in [4.69, 9.17) is 14.2 Å².